The van der Waals surface area contributed by atoms with Crippen molar-refractivity contribution in [3.05, 3.63) is 16.8 Å². The standard InChI is InChI=1S/C14H24N4/c1-9-6-5-7-18(12(9)4)14-13(8-15)10(2)11(3)16-17-14/h9,12H,5-8,15H2,1-4H3. The molecule has 2 rings (SSSR count). The zero-order chi connectivity index (χ0) is 13.3. The minimum atomic E-state index is 0.514. The number of piperidine rings is 1. The molecule has 1 aromatic rings. The molecule has 0 amide bonds. The van der Waals surface area contributed by atoms with Crippen molar-refractivity contribution in [3.63, 3.8) is 0 Å². The molecule has 1 saturated heterocycles. The molecule has 100 valence electrons. The maximum absolute atomic E-state index is 5.91. The third-order valence-electron chi connectivity index (χ3n) is 4.41. The number of rotatable bonds is 2. The van der Waals surface area contributed by atoms with E-state index in [2.05, 4.69) is 35.9 Å². The van der Waals surface area contributed by atoms with Crippen LogP contribution in [0.5, 0.6) is 0 Å². The van der Waals surface area contributed by atoms with Gasteiger partial charge in [0, 0.05) is 24.7 Å². The van der Waals surface area contributed by atoms with Crippen molar-refractivity contribution in [3.8, 4) is 0 Å². The summed E-state index contributed by atoms with van der Waals surface area (Å²) in [6, 6.07) is 0.514. The van der Waals surface area contributed by atoms with Crippen molar-refractivity contribution in [2.75, 3.05) is 11.4 Å². The summed E-state index contributed by atoms with van der Waals surface area (Å²) in [5, 5.41) is 8.69. The van der Waals surface area contributed by atoms with Crippen molar-refractivity contribution in [1.29, 1.82) is 0 Å². The van der Waals surface area contributed by atoms with Crippen molar-refractivity contribution in [2.24, 2.45) is 11.7 Å². The van der Waals surface area contributed by atoms with Gasteiger partial charge in [0.15, 0.2) is 5.82 Å². The third-order valence-corrected chi connectivity index (χ3v) is 4.41. The highest BCUT2D eigenvalue weighted by atomic mass is 15.3. The summed E-state index contributed by atoms with van der Waals surface area (Å²) >= 11 is 0. The number of hydrogen-bond acceptors (Lipinski definition) is 4. The van der Waals surface area contributed by atoms with E-state index >= 15 is 0 Å². The molecule has 0 radical (unpaired) electrons. The summed E-state index contributed by atoms with van der Waals surface area (Å²) in [7, 11) is 0. The first-order valence-corrected chi connectivity index (χ1v) is 6.85. The van der Waals surface area contributed by atoms with Crippen LogP contribution in [-0.2, 0) is 6.54 Å². The smallest absolute Gasteiger partial charge is 0.156 e. The number of hydrogen-bond donors (Lipinski definition) is 1. The molecular weight excluding hydrogens is 224 g/mol. The lowest BCUT2D eigenvalue weighted by atomic mass is 9.91. The first-order chi connectivity index (χ1) is 8.56. The second kappa shape index (κ2) is 5.22. The SMILES string of the molecule is Cc1nnc(N2CCCC(C)C2C)c(CN)c1C. The van der Waals surface area contributed by atoms with Gasteiger partial charge in [-0.15, -0.1) is 5.10 Å². The Labute approximate surface area is 110 Å². The van der Waals surface area contributed by atoms with E-state index in [1.165, 1.54) is 18.4 Å². The van der Waals surface area contributed by atoms with Crippen LogP contribution in [0.25, 0.3) is 0 Å². The van der Waals surface area contributed by atoms with E-state index in [0.29, 0.717) is 18.5 Å². The molecule has 4 nitrogen and oxygen atoms in total. The van der Waals surface area contributed by atoms with Gasteiger partial charge in [0.05, 0.1) is 5.69 Å². The molecule has 0 bridgehead atoms. The molecule has 2 unspecified atom stereocenters. The van der Waals surface area contributed by atoms with E-state index in [1.54, 1.807) is 0 Å². The molecule has 0 aliphatic carbocycles. The predicted octanol–water partition coefficient (Wildman–Crippen LogP) is 2.18. The van der Waals surface area contributed by atoms with Crippen LogP contribution in [0.1, 0.15) is 43.5 Å². The van der Waals surface area contributed by atoms with Crippen LogP contribution in [0.4, 0.5) is 5.82 Å². The van der Waals surface area contributed by atoms with Crippen molar-refractivity contribution >= 4 is 5.82 Å². The molecule has 2 heterocycles. The van der Waals surface area contributed by atoms with Gasteiger partial charge in [0.25, 0.3) is 0 Å². The van der Waals surface area contributed by atoms with Crippen LogP contribution in [-0.4, -0.2) is 22.8 Å². The van der Waals surface area contributed by atoms with E-state index < -0.39 is 0 Å². The Balaban J connectivity index is 2.41. The van der Waals surface area contributed by atoms with E-state index in [-0.39, 0.29) is 0 Å². The highest BCUT2D eigenvalue weighted by Crippen LogP contribution is 2.30. The molecule has 4 heteroatoms. The second-order valence-corrected chi connectivity index (χ2v) is 5.47. The van der Waals surface area contributed by atoms with E-state index in [0.717, 1.165) is 23.6 Å². The van der Waals surface area contributed by atoms with Crippen LogP contribution in [0.2, 0.25) is 0 Å². The molecule has 1 fully saturated rings. The van der Waals surface area contributed by atoms with Gasteiger partial charge >= 0.3 is 0 Å². The first kappa shape index (κ1) is 13.3. The maximum Gasteiger partial charge on any atom is 0.156 e. The van der Waals surface area contributed by atoms with Crippen molar-refractivity contribution in [1.82, 2.24) is 10.2 Å². The van der Waals surface area contributed by atoms with Gasteiger partial charge in [0.2, 0.25) is 0 Å². The number of nitrogens with two attached hydrogens (primary N) is 1. The largest absolute Gasteiger partial charge is 0.352 e. The summed E-state index contributed by atoms with van der Waals surface area (Å²) in [6.07, 6.45) is 2.53. The van der Waals surface area contributed by atoms with Gasteiger partial charge < -0.3 is 10.6 Å². The highest BCUT2D eigenvalue weighted by molar-refractivity contribution is 5.51. The Morgan fingerprint density at radius 1 is 1.28 bits per heavy atom. The number of aromatic nitrogens is 2. The maximum atomic E-state index is 5.91. The third kappa shape index (κ3) is 2.21. The number of anilines is 1. The summed E-state index contributed by atoms with van der Waals surface area (Å²) in [4.78, 5) is 2.38. The fourth-order valence-corrected chi connectivity index (χ4v) is 2.75. The molecule has 0 saturated carbocycles. The minimum absolute atomic E-state index is 0.514. The minimum Gasteiger partial charge on any atom is -0.352 e. The fourth-order valence-electron chi connectivity index (χ4n) is 2.75. The molecule has 0 spiro atoms. The zero-order valence-corrected chi connectivity index (χ0v) is 11.9. The molecule has 2 N–H and O–H groups in total. The lowest BCUT2D eigenvalue weighted by Crippen LogP contribution is -2.43. The Morgan fingerprint density at radius 2 is 2.00 bits per heavy atom. The van der Waals surface area contributed by atoms with Gasteiger partial charge in [0.1, 0.15) is 0 Å². The Morgan fingerprint density at radius 3 is 2.67 bits per heavy atom. The van der Waals surface area contributed by atoms with Gasteiger partial charge in [-0.25, -0.2) is 0 Å². The first-order valence-electron chi connectivity index (χ1n) is 6.85. The number of aryl methyl sites for hydroxylation is 1. The Bertz CT molecular complexity index is 430. The quantitative estimate of drug-likeness (QED) is 0.871. The van der Waals surface area contributed by atoms with Crippen LogP contribution in [0.3, 0.4) is 0 Å². The van der Waals surface area contributed by atoms with Crippen molar-refractivity contribution in [2.45, 2.75) is 53.1 Å². The molecule has 2 atom stereocenters. The van der Waals surface area contributed by atoms with E-state index in [1.807, 2.05) is 6.92 Å². The van der Waals surface area contributed by atoms with Gasteiger partial charge in [-0.2, -0.15) is 5.10 Å². The normalized spacial score (nSPS) is 24.4. The molecule has 1 aromatic heterocycles. The monoisotopic (exact) mass is 248 g/mol. The lowest BCUT2D eigenvalue weighted by molar-refractivity contribution is 0.360. The molecule has 18 heavy (non-hydrogen) atoms. The fraction of sp³-hybridized carbons (Fsp3) is 0.714. The molecular formula is C14H24N4. The lowest BCUT2D eigenvalue weighted by Gasteiger charge is -2.39. The predicted molar refractivity (Wildman–Crippen MR) is 74.6 cm³/mol. The highest BCUT2D eigenvalue weighted by Gasteiger charge is 2.28. The zero-order valence-electron chi connectivity index (χ0n) is 11.9. The average Bonchev–Trinajstić information content (AvgIpc) is 2.36. The van der Waals surface area contributed by atoms with Crippen LogP contribution < -0.4 is 10.6 Å². The van der Waals surface area contributed by atoms with E-state index in [4.69, 9.17) is 5.73 Å². The van der Waals surface area contributed by atoms with Gasteiger partial charge in [-0.05, 0) is 45.1 Å². The molecule has 1 aliphatic rings. The summed E-state index contributed by atoms with van der Waals surface area (Å²) in [5.41, 5.74) is 9.24. The van der Waals surface area contributed by atoms with E-state index in [9.17, 15) is 0 Å². The molecule has 1 aliphatic heterocycles. The Kier molecular flexibility index (Phi) is 3.85. The van der Waals surface area contributed by atoms with Crippen LogP contribution >= 0.6 is 0 Å². The van der Waals surface area contributed by atoms with Crippen LogP contribution in [0.15, 0.2) is 0 Å². The second-order valence-electron chi connectivity index (χ2n) is 5.47. The van der Waals surface area contributed by atoms with Crippen molar-refractivity contribution < 1.29 is 0 Å². The molecule has 0 aromatic carbocycles. The topological polar surface area (TPSA) is 55.0 Å². The Hall–Kier alpha value is -1.16. The average molecular weight is 248 g/mol. The summed E-state index contributed by atoms with van der Waals surface area (Å²) in [5.74, 6) is 1.70. The van der Waals surface area contributed by atoms with Gasteiger partial charge in [-0.1, -0.05) is 6.92 Å². The van der Waals surface area contributed by atoms with Crippen LogP contribution in [0, 0.1) is 19.8 Å². The number of nitrogens with zero attached hydrogens (tertiary/aromatic N) is 3. The van der Waals surface area contributed by atoms with Gasteiger partial charge in [-0.3, -0.25) is 0 Å². The summed E-state index contributed by atoms with van der Waals surface area (Å²) < 4.78 is 0. The summed E-state index contributed by atoms with van der Waals surface area (Å²) in [6.45, 7) is 10.3.